The van der Waals surface area contributed by atoms with Gasteiger partial charge in [0, 0.05) is 0 Å². The van der Waals surface area contributed by atoms with Gasteiger partial charge in [0.15, 0.2) is 17.5 Å². The highest BCUT2D eigenvalue weighted by atomic mass is 19.2. The van der Waals surface area contributed by atoms with Gasteiger partial charge in [0.25, 0.3) is 0 Å². The summed E-state index contributed by atoms with van der Waals surface area (Å²) in [5.41, 5.74) is -0.470. The van der Waals surface area contributed by atoms with Gasteiger partial charge in [-0.2, -0.15) is 0 Å². The van der Waals surface area contributed by atoms with Crippen LogP contribution in [0.2, 0.25) is 0 Å². The number of rotatable bonds is 1. The predicted octanol–water partition coefficient (Wildman–Crippen LogP) is 1.16. The van der Waals surface area contributed by atoms with Crippen LogP contribution in [-0.2, 0) is 4.79 Å². The Morgan fingerprint density at radius 2 is 1.81 bits per heavy atom. The van der Waals surface area contributed by atoms with E-state index in [0.717, 1.165) is 6.07 Å². The van der Waals surface area contributed by atoms with Crippen LogP contribution >= 0.6 is 0 Å². The standard InChI is InChI=1S/C9H5F3N2O2/c10-4-1-2-5(8(12)7(4)11)14-3-6(15)13-9(14)16/h1-2H,3H2,(H,13,15,16). The number of hydrogen-bond donors (Lipinski definition) is 1. The largest absolute Gasteiger partial charge is 0.329 e. The Bertz CT molecular complexity index is 490. The summed E-state index contributed by atoms with van der Waals surface area (Å²) in [6, 6.07) is 0.713. The van der Waals surface area contributed by atoms with Crippen molar-refractivity contribution in [3.05, 3.63) is 29.6 Å². The van der Waals surface area contributed by atoms with Gasteiger partial charge in [0.05, 0.1) is 5.69 Å². The van der Waals surface area contributed by atoms with Gasteiger partial charge >= 0.3 is 6.03 Å². The smallest absolute Gasteiger partial charge is 0.282 e. The summed E-state index contributed by atoms with van der Waals surface area (Å²) in [6.45, 7) is -0.416. The van der Waals surface area contributed by atoms with Crippen LogP contribution in [0.4, 0.5) is 23.7 Å². The molecule has 16 heavy (non-hydrogen) atoms. The Kier molecular flexibility index (Phi) is 2.30. The molecule has 0 saturated carbocycles. The highest BCUT2D eigenvalue weighted by Crippen LogP contribution is 2.24. The summed E-state index contributed by atoms with van der Waals surface area (Å²) < 4.78 is 38.8. The molecular formula is C9H5F3N2O2. The highest BCUT2D eigenvalue weighted by Gasteiger charge is 2.31. The van der Waals surface area contributed by atoms with E-state index in [-0.39, 0.29) is 0 Å². The van der Waals surface area contributed by atoms with Gasteiger partial charge < -0.3 is 0 Å². The lowest BCUT2D eigenvalue weighted by Gasteiger charge is -2.14. The van der Waals surface area contributed by atoms with Crippen LogP contribution in [0.15, 0.2) is 12.1 Å². The average molecular weight is 230 g/mol. The minimum Gasteiger partial charge on any atom is -0.282 e. The SMILES string of the molecule is O=C1CN(c2ccc(F)c(F)c2F)C(=O)N1. The van der Waals surface area contributed by atoms with Crippen molar-refractivity contribution in [2.24, 2.45) is 0 Å². The third-order valence-electron chi connectivity index (χ3n) is 2.10. The number of urea groups is 1. The first-order valence-corrected chi connectivity index (χ1v) is 4.25. The molecule has 0 spiro atoms. The molecule has 7 heteroatoms. The molecule has 1 saturated heterocycles. The van der Waals surface area contributed by atoms with Crippen molar-refractivity contribution in [2.75, 3.05) is 11.4 Å². The van der Waals surface area contributed by atoms with Crippen LogP contribution in [0.3, 0.4) is 0 Å². The fourth-order valence-corrected chi connectivity index (χ4v) is 1.36. The maximum Gasteiger partial charge on any atom is 0.329 e. The molecule has 0 aromatic heterocycles. The summed E-state index contributed by atoms with van der Waals surface area (Å²) in [5, 5.41) is 1.89. The third-order valence-corrected chi connectivity index (χ3v) is 2.10. The lowest BCUT2D eigenvalue weighted by atomic mass is 10.2. The zero-order valence-corrected chi connectivity index (χ0v) is 7.76. The molecular weight excluding hydrogens is 225 g/mol. The number of nitrogens with one attached hydrogen (secondary N) is 1. The molecule has 4 nitrogen and oxygen atoms in total. The number of hydrogen-bond acceptors (Lipinski definition) is 2. The topological polar surface area (TPSA) is 49.4 Å². The second kappa shape index (κ2) is 3.51. The molecule has 2 rings (SSSR count). The van der Waals surface area contributed by atoms with Gasteiger partial charge in [-0.25, -0.2) is 18.0 Å². The highest BCUT2D eigenvalue weighted by molar-refractivity contribution is 6.12. The molecule has 1 aromatic rings. The number of carbonyl (C=O) groups is 2. The molecule has 1 aliphatic heterocycles. The molecule has 0 atom stereocenters. The van der Waals surface area contributed by atoms with Gasteiger partial charge in [-0.05, 0) is 12.1 Å². The van der Waals surface area contributed by atoms with E-state index in [2.05, 4.69) is 0 Å². The van der Waals surface area contributed by atoms with Gasteiger partial charge in [-0.1, -0.05) is 0 Å². The van der Waals surface area contributed by atoms with E-state index < -0.39 is 41.6 Å². The summed E-state index contributed by atoms with van der Waals surface area (Å²) in [7, 11) is 0. The monoisotopic (exact) mass is 230 g/mol. The van der Waals surface area contributed by atoms with Crippen LogP contribution in [0.1, 0.15) is 0 Å². The third kappa shape index (κ3) is 1.50. The number of carbonyl (C=O) groups excluding carboxylic acids is 2. The number of anilines is 1. The van der Waals surface area contributed by atoms with E-state index in [9.17, 15) is 22.8 Å². The van der Waals surface area contributed by atoms with Crippen molar-refractivity contribution in [2.45, 2.75) is 0 Å². The minimum absolute atomic E-state index is 0.416. The normalized spacial score (nSPS) is 15.6. The minimum atomic E-state index is -1.68. The Morgan fingerprint density at radius 3 is 2.38 bits per heavy atom. The van der Waals surface area contributed by atoms with E-state index in [1.54, 1.807) is 0 Å². The maximum atomic E-state index is 13.3. The zero-order valence-electron chi connectivity index (χ0n) is 7.76. The van der Waals surface area contributed by atoms with Crippen LogP contribution in [0.25, 0.3) is 0 Å². The Hall–Kier alpha value is -2.05. The van der Waals surface area contributed by atoms with Crippen LogP contribution in [0.5, 0.6) is 0 Å². The fourth-order valence-electron chi connectivity index (χ4n) is 1.36. The number of nitrogens with zero attached hydrogens (tertiary/aromatic N) is 1. The summed E-state index contributed by atoms with van der Waals surface area (Å²) in [4.78, 5) is 22.7. The average Bonchev–Trinajstić information content (AvgIpc) is 2.55. The second-order valence-electron chi connectivity index (χ2n) is 3.13. The summed E-state index contributed by atoms with van der Waals surface area (Å²) >= 11 is 0. The van der Waals surface area contributed by atoms with Gasteiger partial charge in [-0.3, -0.25) is 15.0 Å². The van der Waals surface area contributed by atoms with Crippen molar-refractivity contribution in [1.82, 2.24) is 5.32 Å². The number of halogens is 3. The summed E-state index contributed by atoms with van der Waals surface area (Å²) in [6.07, 6.45) is 0. The van der Waals surface area contributed by atoms with E-state index in [1.807, 2.05) is 5.32 Å². The Balaban J connectivity index is 2.45. The molecule has 1 fully saturated rings. The first-order valence-electron chi connectivity index (χ1n) is 4.25. The first kappa shape index (κ1) is 10.5. The summed E-state index contributed by atoms with van der Waals surface area (Å²) in [5.74, 6) is -5.16. The Morgan fingerprint density at radius 1 is 1.12 bits per heavy atom. The van der Waals surface area contributed by atoms with Crippen molar-refractivity contribution in [1.29, 1.82) is 0 Å². The number of imide groups is 1. The molecule has 0 bridgehead atoms. The van der Waals surface area contributed by atoms with Crippen molar-refractivity contribution < 1.29 is 22.8 Å². The van der Waals surface area contributed by atoms with E-state index in [4.69, 9.17) is 0 Å². The second-order valence-corrected chi connectivity index (χ2v) is 3.13. The lowest BCUT2D eigenvalue weighted by molar-refractivity contribution is -0.117. The molecule has 0 unspecified atom stereocenters. The molecule has 1 aliphatic rings. The van der Waals surface area contributed by atoms with Crippen LogP contribution in [-0.4, -0.2) is 18.5 Å². The first-order chi connectivity index (χ1) is 7.50. The van der Waals surface area contributed by atoms with Gasteiger partial charge in [0.2, 0.25) is 5.91 Å². The maximum absolute atomic E-state index is 13.3. The number of benzene rings is 1. The van der Waals surface area contributed by atoms with Crippen molar-refractivity contribution >= 4 is 17.6 Å². The van der Waals surface area contributed by atoms with Crippen LogP contribution in [0, 0.1) is 17.5 Å². The lowest BCUT2D eigenvalue weighted by Crippen LogP contribution is -2.28. The van der Waals surface area contributed by atoms with E-state index >= 15 is 0 Å². The van der Waals surface area contributed by atoms with Gasteiger partial charge in [0.1, 0.15) is 6.54 Å². The molecule has 3 amide bonds. The number of amides is 3. The van der Waals surface area contributed by atoms with E-state index in [1.165, 1.54) is 0 Å². The quantitative estimate of drug-likeness (QED) is 0.581. The molecule has 1 heterocycles. The van der Waals surface area contributed by atoms with Crippen LogP contribution < -0.4 is 10.2 Å². The van der Waals surface area contributed by atoms with Crippen molar-refractivity contribution in [3.63, 3.8) is 0 Å². The zero-order chi connectivity index (χ0) is 11.9. The Labute approximate surface area is 87.6 Å². The molecule has 1 aromatic carbocycles. The van der Waals surface area contributed by atoms with Crippen molar-refractivity contribution in [3.8, 4) is 0 Å². The van der Waals surface area contributed by atoms with Gasteiger partial charge in [-0.15, -0.1) is 0 Å². The molecule has 0 radical (unpaired) electrons. The predicted molar refractivity (Wildman–Crippen MR) is 47.2 cm³/mol. The molecule has 0 aliphatic carbocycles. The molecule has 1 N–H and O–H groups in total. The molecule has 84 valence electrons. The van der Waals surface area contributed by atoms with E-state index in [0.29, 0.717) is 11.0 Å². The fraction of sp³-hybridized carbons (Fsp3) is 0.111.